The number of aliphatic hydroxyl groups is 1. The standard InChI is InChI=1S/C28H34F2N4O4/c1-17(2)7-6-8-20-11-22-26(31-13-20)38-25(18(3)14-34(27(22)36)19(4)16-35)15-33(5)28(37)32-24-12-21(29)9-10-23(24)30/h9-13,17-19,25,35H,7,14-16H2,1-5H3,(H,32,37)/t18-,19-,25-/m0/s1. The average Bonchev–Trinajstić information content (AvgIpc) is 2.87. The summed E-state index contributed by atoms with van der Waals surface area (Å²) in [6.07, 6.45) is 1.63. The minimum absolute atomic E-state index is 0.0660. The summed E-state index contributed by atoms with van der Waals surface area (Å²) in [7, 11) is 1.50. The number of fused-ring (bicyclic) bond motifs is 1. The lowest BCUT2D eigenvalue weighted by molar-refractivity contribution is 0.0356. The van der Waals surface area contributed by atoms with Crippen molar-refractivity contribution in [2.75, 3.05) is 32.1 Å². The zero-order chi connectivity index (χ0) is 28.0. The fourth-order valence-corrected chi connectivity index (χ4v) is 3.90. The Bertz CT molecular complexity index is 1230. The van der Waals surface area contributed by atoms with Crippen LogP contribution >= 0.6 is 0 Å². The van der Waals surface area contributed by atoms with Crippen LogP contribution in [0.5, 0.6) is 5.88 Å². The van der Waals surface area contributed by atoms with Gasteiger partial charge in [0, 0.05) is 43.8 Å². The van der Waals surface area contributed by atoms with E-state index in [4.69, 9.17) is 4.74 Å². The van der Waals surface area contributed by atoms with Crippen LogP contribution in [0.3, 0.4) is 0 Å². The minimum atomic E-state index is -0.763. The maximum atomic E-state index is 14.0. The molecule has 1 aliphatic heterocycles. The molecule has 204 valence electrons. The predicted molar refractivity (Wildman–Crippen MR) is 140 cm³/mol. The Morgan fingerprint density at radius 3 is 2.74 bits per heavy atom. The Morgan fingerprint density at radius 2 is 2.05 bits per heavy atom. The lowest BCUT2D eigenvalue weighted by Gasteiger charge is -2.37. The van der Waals surface area contributed by atoms with Crippen LogP contribution in [0.1, 0.15) is 50.0 Å². The van der Waals surface area contributed by atoms with E-state index in [0.29, 0.717) is 17.9 Å². The number of amides is 3. The Hall–Kier alpha value is -3.71. The van der Waals surface area contributed by atoms with Gasteiger partial charge >= 0.3 is 6.03 Å². The fraction of sp³-hybridized carbons (Fsp3) is 0.464. The molecule has 1 aliphatic rings. The lowest BCUT2D eigenvalue weighted by atomic mass is 10.00. The molecule has 0 saturated heterocycles. The van der Waals surface area contributed by atoms with Crippen molar-refractivity contribution in [1.82, 2.24) is 14.8 Å². The SMILES string of the molecule is CC(C)CC#Cc1cnc2c(c1)C(=O)N([C@@H](C)CO)C[C@H](C)[C@H](CN(C)C(=O)Nc1cc(F)ccc1F)O2. The second-order valence-corrected chi connectivity index (χ2v) is 10.0. The lowest BCUT2D eigenvalue weighted by Crippen LogP contribution is -2.50. The van der Waals surface area contributed by atoms with Crippen molar-refractivity contribution >= 4 is 17.6 Å². The minimum Gasteiger partial charge on any atom is -0.472 e. The zero-order valence-electron chi connectivity index (χ0n) is 22.3. The average molecular weight is 529 g/mol. The molecule has 8 nitrogen and oxygen atoms in total. The van der Waals surface area contributed by atoms with Gasteiger partial charge in [-0.1, -0.05) is 32.6 Å². The van der Waals surface area contributed by atoms with E-state index in [9.17, 15) is 23.5 Å². The number of benzene rings is 1. The molecule has 38 heavy (non-hydrogen) atoms. The molecule has 0 unspecified atom stereocenters. The van der Waals surface area contributed by atoms with Gasteiger partial charge in [0.25, 0.3) is 5.91 Å². The Labute approximate surface area is 222 Å². The summed E-state index contributed by atoms with van der Waals surface area (Å²) in [6, 6.07) is 3.30. The molecule has 0 radical (unpaired) electrons. The molecule has 10 heteroatoms. The molecule has 0 saturated carbocycles. The van der Waals surface area contributed by atoms with Crippen LogP contribution in [0.15, 0.2) is 30.5 Å². The predicted octanol–water partition coefficient (Wildman–Crippen LogP) is 4.14. The first-order valence-corrected chi connectivity index (χ1v) is 12.5. The van der Waals surface area contributed by atoms with Crippen molar-refractivity contribution in [2.24, 2.45) is 11.8 Å². The molecule has 3 rings (SSSR count). The fourth-order valence-electron chi connectivity index (χ4n) is 3.90. The number of aromatic nitrogens is 1. The number of likely N-dealkylation sites (N-methyl/N-ethyl adjacent to an activating group) is 1. The van der Waals surface area contributed by atoms with Crippen molar-refractivity contribution in [2.45, 2.75) is 46.3 Å². The third kappa shape index (κ3) is 7.19. The highest BCUT2D eigenvalue weighted by Crippen LogP contribution is 2.27. The van der Waals surface area contributed by atoms with Crippen LogP contribution in [0.4, 0.5) is 19.3 Å². The first-order chi connectivity index (χ1) is 18.0. The van der Waals surface area contributed by atoms with Crippen LogP contribution in [-0.2, 0) is 0 Å². The molecule has 0 bridgehead atoms. The van der Waals surface area contributed by atoms with Gasteiger partial charge in [-0.2, -0.15) is 0 Å². The second kappa shape index (κ2) is 12.7. The number of carbonyl (C=O) groups is 2. The zero-order valence-corrected chi connectivity index (χ0v) is 22.3. The summed E-state index contributed by atoms with van der Waals surface area (Å²) in [5, 5.41) is 12.2. The normalized spacial score (nSPS) is 17.9. The number of pyridine rings is 1. The molecule has 0 spiro atoms. The van der Waals surface area contributed by atoms with Gasteiger partial charge in [0.15, 0.2) is 0 Å². The molecule has 3 amide bonds. The van der Waals surface area contributed by atoms with E-state index in [1.165, 1.54) is 18.1 Å². The summed E-state index contributed by atoms with van der Waals surface area (Å²) >= 11 is 0. The van der Waals surface area contributed by atoms with Crippen LogP contribution in [0.2, 0.25) is 0 Å². The van der Waals surface area contributed by atoms with E-state index in [0.717, 1.165) is 18.2 Å². The number of ether oxygens (including phenoxy) is 1. The quantitative estimate of drug-likeness (QED) is 0.550. The van der Waals surface area contributed by atoms with E-state index in [2.05, 4.69) is 36.0 Å². The van der Waals surface area contributed by atoms with E-state index >= 15 is 0 Å². The van der Waals surface area contributed by atoms with E-state index in [1.54, 1.807) is 17.9 Å². The Balaban J connectivity index is 1.88. The van der Waals surface area contributed by atoms with E-state index in [1.807, 2.05) is 6.92 Å². The number of hydrogen-bond donors (Lipinski definition) is 2. The highest BCUT2D eigenvalue weighted by Gasteiger charge is 2.34. The summed E-state index contributed by atoms with van der Waals surface area (Å²) < 4.78 is 33.7. The first-order valence-electron chi connectivity index (χ1n) is 12.5. The topological polar surface area (TPSA) is 95.0 Å². The second-order valence-electron chi connectivity index (χ2n) is 10.0. The van der Waals surface area contributed by atoms with Gasteiger partial charge < -0.3 is 25.0 Å². The van der Waals surface area contributed by atoms with Crippen molar-refractivity contribution in [3.8, 4) is 17.7 Å². The molecule has 3 atom stereocenters. The number of carbonyl (C=O) groups excluding carboxylic acids is 2. The van der Waals surface area contributed by atoms with Crippen LogP contribution in [0, 0.1) is 35.3 Å². The number of urea groups is 1. The summed E-state index contributed by atoms with van der Waals surface area (Å²) in [5.41, 5.74) is 0.504. The van der Waals surface area contributed by atoms with E-state index in [-0.39, 0.29) is 48.7 Å². The smallest absolute Gasteiger partial charge is 0.321 e. The Kier molecular flexibility index (Phi) is 9.64. The van der Waals surface area contributed by atoms with Crippen molar-refractivity contribution in [1.29, 1.82) is 0 Å². The number of rotatable bonds is 6. The highest BCUT2D eigenvalue weighted by atomic mass is 19.1. The number of nitrogens with zero attached hydrogens (tertiary/aromatic N) is 3. The maximum absolute atomic E-state index is 14.0. The van der Waals surface area contributed by atoms with Gasteiger partial charge in [0.05, 0.1) is 24.9 Å². The third-order valence-electron chi connectivity index (χ3n) is 6.23. The molecule has 0 fully saturated rings. The molecule has 2 aromatic rings. The van der Waals surface area contributed by atoms with Crippen LogP contribution < -0.4 is 10.1 Å². The first kappa shape index (κ1) is 28.9. The van der Waals surface area contributed by atoms with Crippen LogP contribution in [0.25, 0.3) is 0 Å². The van der Waals surface area contributed by atoms with Gasteiger partial charge in [-0.05, 0) is 31.0 Å². The summed E-state index contributed by atoms with van der Waals surface area (Å²) in [6.45, 7) is 7.82. The summed E-state index contributed by atoms with van der Waals surface area (Å²) in [5.74, 6) is 4.57. The van der Waals surface area contributed by atoms with Gasteiger partial charge in [-0.25, -0.2) is 18.6 Å². The molecule has 1 aromatic carbocycles. The van der Waals surface area contributed by atoms with Gasteiger partial charge in [0.2, 0.25) is 5.88 Å². The summed E-state index contributed by atoms with van der Waals surface area (Å²) in [4.78, 5) is 33.5. The molecular weight excluding hydrogens is 494 g/mol. The number of nitrogens with one attached hydrogen (secondary N) is 1. The number of halogens is 2. The number of hydrogen-bond acceptors (Lipinski definition) is 5. The monoisotopic (exact) mass is 528 g/mol. The largest absolute Gasteiger partial charge is 0.472 e. The molecule has 0 aliphatic carbocycles. The molecule has 2 N–H and O–H groups in total. The Morgan fingerprint density at radius 1 is 1.32 bits per heavy atom. The number of aliphatic hydroxyl groups excluding tert-OH is 1. The van der Waals surface area contributed by atoms with Gasteiger partial charge in [-0.15, -0.1) is 0 Å². The van der Waals surface area contributed by atoms with Crippen LogP contribution in [-0.4, -0.2) is 70.7 Å². The van der Waals surface area contributed by atoms with E-state index < -0.39 is 29.8 Å². The van der Waals surface area contributed by atoms with Crippen molar-refractivity contribution in [3.63, 3.8) is 0 Å². The van der Waals surface area contributed by atoms with Gasteiger partial charge in [0.1, 0.15) is 23.3 Å². The highest BCUT2D eigenvalue weighted by molar-refractivity contribution is 5.97. The molecule has 1 aromatic heterocycles. The maximum Gasteiger partial charge on any atom is 0.321 e. The molecule has 2 heterocycles. The van der Waals surface area contributed by atoms with Crippen molar-refractivity contribution < 1.29 is 28.2 Å². The molecular formula is C28H34F2N4O4. The van der Waals surface area contributed by atoms with Crippen molar-refractivity contribution in [3.05, 3.63) is 53.2 Å². The third-order valence-corrected chi connectivity index (χ3v) is 6.23. The number of anilines is 1. The van der Waals surface area contributed by atoms with Gasteiger partial charge in [-0.3, -0.25) is 4.79 Å².